The van der Waals surface area contributed by atoms with E-state index >= 15 is 0 Å². The van der Waals surface area contributed by atoms with Crippen molar-refractivity contribution < 1.29 is 9.53 Å². The van der Waals surface area contributed by atoms with Crippen LogP contribution in [0.2, 0.25) is 0 Å². The molecule has 0 aliphatic rings. The molecule has 3 heteroatoms. The van der Waals surface area contributed by atoms with E-state index in [4.69, 9.17) is 4.74 Å². The lowest BCUT2D eigenvalue weighted by molar-refractivity contribution is -0.142. The number of rotatable bonds is 2. The molecule has 0 aliphatic carbocycles. The maximum absolute atomic E-state index is 10.9. The van der Waals surface area contributed by atoms with Crippen LogP contribution in [0.4, 0.5) is 0 Å². The summed E-state index contributed by atoms with van der Waals surface area (Å²) in [7, 11) is 0. The van der Waals surface area contributed by atoms with Gasteiger partial charge in [0.1, 0.15) is 6.61 Å². The molecule has 0 saturated carbocycles. The zero-order valence-electron chi connectivity index (χ0n) is 11.0. The third-order valence-electron chi connectivity index (χ3n) is 3.31. The summed E-state index contributed by atoms with van der Waals surface area (Å²) in [6.07, 6.45) is 0. The zero-order valence-corrected chi connectivity index (χ0v) is 12.6. The van der Waals surface area contributed by atoms with Gasteiger partial charge in [-0.15, -0.1) is 0 Å². The third kappa shape index (κ3) is 2.54. The molecule has 0 heterocycles. The summed E-state index contributed by atoms with van der Waals surface area (Å²) in [5.74, 6) is -0.257. The van der Waals surface area contributed by atoms with E-state index in [-0.39, 0.29) is 5.97 Å². The lowest BCUT2D eigenvalue weighted by Crippen LogP contribution is -1.98. The van der Waals surface area contributed by atoms with Gasteiger partial charge in [-0.25, -0.2) is 0 Å². The number of hydrogen-bond donors (Lipinski definition) is 0. The van der Waals surface area contributed by atoms with Crippen LogP contribution in [-0.2, 0) is 16.1 Å². The van der Waals surface area contributed by atoms with Crippen LogP contribution < -0.4 is 0 Å². The molecule has 0 atom stereocenters. The van der Waals surface area contributed by atoms with Gasteiger partial charge in [-0.3, -0.25) is 4.79 Å². The smallest absolute Gasteiger partial charge is 0.302 e. The molecule has 3 rings (SSSR count). The van der Waals surface area contributed by atoms with Gasteiger partial charge < -0.3 is 4.74 Å². The Morgan fingerprint density at radius 2 is 1.75 bits per heavy atom. The van der Waals surface area contributed by atoms with Gasteiger partial charge in [0.25, 0.3) is 0 Å². The van der Waals surface area contributed by atoms with Crippen LogP contribution in [0.3, 0.4) is 0 Å². The predicted molar refractivity (Wildman–Crippen MR) is 84.6 cm³/mol. The molecule has 0 N–H and O–H groups in total. The molecule has 0 radical (unpaired) electrons. The van der Waals surface area contributed by atoms with E-state index in [2.05, 4.69) is 52.3 Å². The normalized spacial score (nSPS) is 10.9. The minimum Gasteiger partial charge on any atom is -0.461 e. The summed E-state index contributed by atoms with van der Waals surface area (Å²) in [5, 5.41) is 4.79. The minimum absolute atomic E-state index is 0.257. The van der Waals surface area contributed by atoms with E-state index in [1.807, 2.05) is 12.1 Å². The van der Waals surface area contributed by atoms with E-state index in [9.17, 15) is 4.79 Å². The topological polar surface area (TPSA) is 26.3 Å². The second-order valence-electron chi connectivity index (χ2n) is 4.77. The first-order chi connectivity index (χ1) is 9.63. The molecule has 100 valence electrons. The fourth-order valence-electron chi connectivity index (χ4n) is 2.36. The monoisotopic (exact) mass is 328 g/mol. The lowest BCUT2D eigenvalue weighted by atomic mass is 10.0. The molecule has 0 spiro atoms. The van der Waals surface area contributed by atoms with Crippen molar-refractivity contribution in [2.45, 2.75) is 13.5 Å². The van der Waals surface area contributed by atoms with E-state index in [1.54, 1.807) is 0 Å². The maximum atomic E-state index is 10.9. The predicted octanol–water partition coefficient (Wildman–Crippen LogP) is 4.82. The molecule has 3 aromatic rings. The molecule has 0 bridgehead atoms. The number of carbonyl (C=O) groups excluding carboxylic acids is 1. The molecular formula is C17H13BrO2. The first-order valence-corrected chi connectivity index (χ1v) is 7.17. The Hall–Kier alpha value is -1.87. The largest absolute Gasteiger partial charge is 0.461 e. The van der Waals surface area contributed by atoms with Gasteiger partial charge in [-0.1, -0.05) is 46.3 Å². The highest BCUT2D eigenvalue weighted by Crippen LogP contribution is 2.28. The lowest BCUT2D eigenvalue weighted by Gasteiger charge is -2.07. The van der Waals surface area contributed by atoms with Gasteiger partial charge in [0, 0.05) is 11.4 Å². The highest BCUT2D eigenvalue weighted by atomic mass is 79.9. The highest BCUT2D eigenvalue weighted by molar-refractivity contribution is 9.10. The molecule has 0 amide bonds. The van der Waals surface area contributed by atoms with E-state index in [0.29, 0.717) is 6.61 Å². The molecular weight excluding hydrogens is 316 g/mol. The number of halogens is 1. The minimum atomic E-state index is -0.257. The van der Waals surface area contributed by atoms with Crippen LogP contribution in [0, 0.1) is 0 Å². The van der Waals surface area contributed by atoms with Crippen LogP contribution in [0.1, 0.15) is 12.5 Å². The number of carbonyl (C=O) groups is 1. The Morgan fingerprint density at radius 3 is 2.55 bits per heavy atom. The molecule has 2 nitrogen and oxygen atoms in total. The summed E-state index contributed by atoms with van der Waals surface area (Å²) in [6, 6.07) is 16.6. The van der Waals surface area contributed by atoms with Gasteiger partial charge in [0.15, 0.2) is 0 Å². The second kappa shape index (κ2) is 5.25. The summed E-state index contributed by atoms with van der Waals surface area (Å²) in [5.41, 5.74) is 1.00. The van der Waals surface area contributed by atoms with E-state index in [0.717, 1.165) is 15.4 Å². The Kier molecular flexibility index (Phi) is 3.45. The number of hydrogen-bond acceptors (Lipinski definition) is 2. The van der Waals surface area contributed by atoms with Crippen molar-refractivity contribution >= 4 is 43.4 Å². The quantitative estimate of drug-likeness (QED) is 0.498. The summed E-state index contributed by atoms with van der Waals surface area (Å²) >= 11 is 3.52. The Bertz CT molecular complexity index is 809. The number of fused-ring (bicyclic) bond motifs is 3. The first kappa shape index (κ1) is 13.1. The summed E-state index contributed by atoms with van der Waals surface area (Å²) in [4.78, 5) is 10.9. The Labute approximate surface area is 125 Å². The summed E-state index contributed by atoms with van der Waals surface area (Å²) < 4.78 is 6.11. The maximum Gasteiger partial charge on any atom is 0.302 e. The van der Waals surface area contributed by atoms with E-state index < -0.39 is 0 Å². The van der Waals surface area contributed by atoms with Crippen molar-refractivity contribution in [2.24, 2.45) is 0 Å². The van der Waals surface area contributed by atoms with Crippen LogP contribution in [0.25, 0.3) is 21.5 Å². The average molecular weight is 329 g/mol. The molecule has 0 unspecified atom stereocenters. The van der Waals surface area contributed by atoms with Crippen LogP contribution in [0.5, 0.6) is 0 Å². The highest BCUT2D eigenvalue weighted by Gasteiger charge is 2.03. The third-order valence-corrected chi connectivity index (χ3v) is 3.80. The van der Waals surface area contributed by atoms with Crippen molar-refractivity contribution in [3.63, 3.8) is 0 Å². The van der Waals surface area contributed by atoms with Crippen molar-refractivity contribution in [2.75, 3.05) is 0 Å². The van der Waals surface area contributed by atoms with Gasteiger partial charge in [0.2, 0.25) is 0 Å². The van der Waals surface area contributed by atoms with Crippen LogP contribution >= 0.6 is 15.9 Å². The van der Waals surface area contributed by atoms with Crippen molar-refractivity contribution in [3.8, 4) is 0 Å². The fraction of sp³-hybridized carbons (Fsp3) is 0.118. The molecule has 0 aliphatic heterocycles. The zero-order chi connectivity index (χ0) is 14.1. The average Bonchev–Trinajstić information content (AvgIpc) is 2.44. The van der Waals surface area contributed by atoms with Crippen LogP contribution in [-0.4, -0.2) is 5.97 Å². The van der Waals surface area contributed by atoms with Crippen molar-refractivity contribution in [3.05, 3.63) is 58.6 Å². The standard InChI is InChI=1S/C17H13BrO2/c1-11(19)20-10-12-2-7-16-14(8-12)4-3-13-5-6-15(18)9-17(13)16/h2-9H,10H2,1H3. The number of ether oxygens (including phenoxy) is 1. The van der Waals surface area contributed by atoms with Gasteiger partial charge >= 0.3 is 5.97 Å². The van der Waals surface area contributed by atoms with Gasteiger partial charge in [-0.05, 0) is 45.3 Å². The SMILES string of the molecule is CC(=O)OCc1ccc2c(ccc3ccc(Br)cc32)c1. The Morgan fingerprint density at radius 1 is 1.00 bits per heavy atom. The summed E-state index contributed by atoms with van der Waals surface area (Å²) in [6.45, 7) is 1.74. The van der Waals surface area contributed by atoms with Crippen molar-refractivity contribution in [1.29, 1.82) is 0 Å². The van der Waals surface area contributed by atoms with Gasteiger partial charge in [-0.2, -0.15) is 0 Å². The fourth-order valence-corrected chi connectivity index (χ4v) is 2.72. The van der Waals surface area contributed by atoms with Gasteiger partial charge in [0.05, 0.1) is 0 Å². The van der Waals surface area contributed by atoms with Crippen LogP contribution in [0.15, 0.2) is 53.0 Å². The number of benzene rings is 3. The molecule has 0 saturated heterocycles. The molecule has 0 fully saturated rings. The van der Waals surface area contributed by atoms with Crippen molar-refractivity contribution in [1.82, 2.24) is 0 Å². The Balaban J connectivity index is 2.11. The first-order valence-electron chi connectivity index (χ1n) is 6.38. The molecule has 0 aromatic heterocycles. The number of esters is 1. The van der Waals surface area contributed by atoms with E-state index in [1.165, 1.54) is 23.1 Å². The molecule has 3 aromatic carbocycles. The molecule has 20 heavy (non-hydrogen) atoms. The second-order valence-corrected chi connectivity index (χ2v) is 5.68.